The highest BCUT2D eigenvalue weighted by molar-refractivity contribution is 8.01. The van der Waals surface area contributed by atoms with Gasteiger partial charge in [-0.1, -0.05) is 0 Å². The van der Waals surface area contributed by atoms with Crippen LogP contribution in [0.1, 0.15) is 13.8 Å². The number of hydrogen-bond acceptors (Lipinski definition) is 2. The van der Waals surface area contributed by atoms with Crippen LogP contribution in [0.15, 0.2) is 4.99 Å². The standard InChI is InChI=1S/C5H9NS/c1-5(2)3-6-4-7-5/h3H,4H2,1-2H3. The van der Waals surface area contributed by atoms with Crippen molar-refractivity contribution in [3.63, 3.8) is 0 Å². The Morgan fingerprint density at radius 1 is 1.71 bits per heavy atom. The van der Waals surface area contributed by atoms with Crippen LogP contribution < -0.4 is 0 Å². The molecule has 0 atom stereocenters. The zero-order valence-electron chi connectivity index (χ0n) is 4.64. The summed E-state index contributed by atoms with van der Waals surface area (Å²) in [6.45, 7) is 4.35. The van der Waals surface area contributed by atoms with Crippen molar-refractivity contribution in [3.8, 4) is 0 Å². The molecule has 0 amide bonds. The molecule has 7 heavy (non-hydrogen) atoms. The minimum atomic E-state index is 0.319. The first-order valence-corrected chi connectivity index (χ1v) is 3.34. The average molecular weight is 115 g/mol. The Kier molecular flexibility index (Phi) is 1.11. The van der Waals surface area contributed by atoms with Crippen molar-refractivity contribution >= 4 is 18.0 Å². The van der Waals surface area contributed by atoms with Crippen molar-refractivity contribution < 1.29 is 0 Å². The van der Waals surface area contributed by atoms with E-state index in [1.807, 2.05) is 18.0 Å². The van der Waals surface area contributed by atoms with Crippen LogP contribution in [-0.2, 0) is 0 Å². The van der Waals surface area contributed by atoms with Gasteiger partial charge < -0.3 is 0 Å². The third-order valence-electron chi connectivity index (χ3n) is 0.913. The minimum Gasteiger partial charge on any atom is -0.285 e. The van der Waals surface area contributed by atoms with E-state index in [1.165, 1.54) is 0 Å². The Balaban J connectivity index is 2.57. The van der Waals surface area contributed by atoms with Gasteiger partial charge in [-0.05, 0) is 13.8 Å². The van der Waals surface area contributed by atoms with Gasteiger partial charge in [-0.15, -0.1) is 11.8 Å². The van der Waals surface area contributed by atoms with E-state index in [0.717, 1.165) is 5.88 Å². The summed E-state index contributed by atoms with van der Waals surface area (Å²) in [5, 5.41) is 0. The third kappa shape index (κ3) is 1.20. The van der Waals surface area contributed by atoms with Crippen LogP contribution in [0.25, 0.3) is 0 Å². The van der Waals surface area contributed by atoms with Crippen LogP contribution in [-0.4, -0.2) is 16.8 Å². The summed E-state index contributed by atoms with van der Waals surface area (Å²) in [4.78, 5) is 4.07. The molecule has 0 aliphatic carbocycles. The van der Waals surface area contributed by atoms with Crippen molar-refractivity contribution in [1.82, 2.24) is 0 Å². The van der Waals surface area contributed by atoms with Gasteiger partial charge in [0, 0.05) is 11.0 Å². The predicted octanol–water partition coefficient (Wildman–Crippen LogP) is 1.54. The molecular weight excluding hydrogens is 106 g/mol. The second kappa shape index (κ2) is 1.51. The van der Waals surface area contributed by atoms with Crippen LogP contribution in [0.3, 0.4) is 0 Å². The molecule has 0 saturated heterocycles. The molecular formula is C5H9NS. The molecule has 40 valence electrons. The van der Waals surface area contributed by atoms with Crippen molar-refractivity contribution in [2.75, 3.05) is 5.88 Å². The van der Waals surface area contributed by atoms with Gasteiger partial charge in [-0.3, -0.25) is 4.99 Å². The van der Waals surface area contributed by atoms with E-state index in [9.17, 15) is 0 Å². The number of hydrogen-bond donors (Lipinski definition) is 0. The summed E-state index contributed by atoms with van der Waals surface area (Å²) in [5.74, 6) is 0.951. The highest BCUT2D eigenvalue weighted by Crippen LogP contribution is 2.26. The van der Waals surface area contributed by atoms with E-state index in [1.54, 1.807) is 0 Å². The maximum atomic E-state index is 4.07. The van der Waals surface area contributed by atoms with Crippen molar-refractivity contribution in [1.29, 1.82) is 0 Å². The highest BCUT2D eigenvalue weighted by Gasteiger charge is 2.18. The average Bonchev–Trinajstić information content (AvgIpc) is 1.84. The summed E-state index contributed by atoms with van der Waals surface area (Å²) >= 11 is 1.88. The minimum absolute atomic E-state index is 0.319. The van der Waals surface area contributed by atoms with E-state index in [2.05, 4.69) is 18.8 Å². The largest absolute Gasteiger partial charge is 0.285 e. The molecule has 0 bridgehead atoms. The Morgan fingerprint density at radius 2 is 2.43 bits per heavy atom. The van der Waals surface area contributed by atoms with Gasteiger partial charge >= 0.3 is 0 Å². The van der Waals surface area contributed by atoms with Crippen LogP contribution in [0.5, 0.6) is 0 Å². The molecule has 0 fully saturated rings. The lowest BCUT2D eigenvalue weighted by Gasteiger charge is -2.08. The summed E-state index contributed by atoms with van der Waals surface area (Å²) in [6, 6.07) is 0. The first-order chi connectivity index (χ1) is 3.21. The van der Waals surface area contributed by atoms with E-state index in [-0.39, 0.29) is 0 Å². The van der Waals surface area contributed by atoms with Crippen LogP contribution in [0.4, 0.5) is 0 Å². The molecule has 0 saturated carbocycles. The SMILES string of the molecule is CC1(C)C=NCS1. The second-order valence-corrected chi connectivity index (χ2v) is 3.79. The predicted molar refractivity (Wildman–Crippen MR) is 35.0 cm³/mol. The molecule has 0 aromatic heterocycles. The summed E-state index contributed by atoms with van der Waals surface area (Å²) in [6.07, 6.45) is 2.01. The molecule has 0 aromatic carbocycles. The molecule has 1 rings (SSSR count). The van der Waals surface area contributed by atoms with E-state index >= 15 is 0 Å². The smallest absolute Gasteiger partial charge is 0.0849 e. The van der Waals surface area contributed by atoms with E-state index < -0.39 is 0 Å². The summed E-state index contributed by atoms with van der Waals surface area (Å²) < 4.78 is 0.319. The fourth-order valence-corrected chi connectivity index (χ4v) is 1.13. The molecule has 1 nitrogen and oxygen atoms in total. The Hall–Kier alpha value is 0.0200. The molecule has 1 heterocycles. The number of rotatable bonds is 0. The molecule has 0 unspecified atom stereocenters. The van der Waals surface area contributed by atoms with Gasteiger partial charge in [0.25, 0.3) is 0 Å². The van der Waals surface area contributed by atoms with Gasteiger partial charge in [-0.25, -0.2) is 0 Å². The topological polar surface area (TPSA) is 12.4 Å². The van der Waals surface area contributed by atoms with Crippen LogP contribution >= 0.6 is 11.8 Å². The highest BCUT2D eigenvalue weighted by atomic mass is 32.2. The second-order valence-electron chi connectivity index (χ2n) is 2.19. The molecule has 0 spiro atoms. The van der Waals surface area contributed by atoms with Crippen LogP contribution in [0, 0.1) is 0 Å². The fourth-order valence-electron chi connectivity index (χ4n) is 0.498. The zero-order chi connectivity index (χ0) is 5.33. The molecule has 1 aliphatic rings. The monoisotopic (exact) mass is 115 g/mol. The number of thioether (sulfide) groups is 1. The van der Waals surface area contributed by atoms with Gasteiger partial charge in [0.05, 0.1) is 5.88 Å². The van der Waals surface area contributed by atoms with Gasteiger partial charge in [0.2, 0.25) is 0 Å². The molecule has 1 aliphatic heterocycles. The third-order valence-corrected chi connectivity index (χ3v) is 2.04. The maximum Gasteiger partial charge on any atom is 0.0849 e. The van der Waals surface area contributed by atoms with Crippen molar-refractivity contribution in [2.24, 2.45) is 4.99 Å². The number of aliphatic imine (C=N–C) groups is 1. The first-order valence-electron chi connectivity index (χ1n) is 2.36. The van der Waals surface area contributed by atoms with Crippen LogP contribution in [0.2, 0.25) is 0 Å². The molecule has 0 aromatic rings. The Bertz CT molecular complexity index is 96.3. The van der Waals surface area contributed by atoms with Gasteiger partial charge in [0.15, 0.2) is 0 Å². The molecule has 2 heteroatoms. The van der Waals surface area contributed by atoms with E-state index in [4.69, 9.17) is 0 Å². The lowest BCUT2D eigenvalue weighted by Crippen LogP contribution is -2.10. The summed E-state index contributed by atoms with van der Waals surface area (Å²) in [7, 11) is 0. The Morgan fingerprint density at radius 3 is 2.57 bits per heavy atom. The normalized spacial score (nSPS) is 26.0. The summed E-state index contributed by atoms with van der Waals surface area (Å²) in [5.41, 5.74) is 0. The molecule has 0 radical (unpaired) electrons. The lowest BCUT2D eigenvalue weighted by atomic mass is 10.2. The number of nitrogens with zero attached hydrogens (tertiary/aromatic N) is 1. The van der Waals surface area contributed by atoms with Crippen molar-refractivity contribution in [3.05, 3.63) is 0 Å². The lowest BCUT2D eigenvalue weighted by molar-refractivity contribution is 0.988. The molecule has 0 N–H and O–H groups in total. The van der Waals surface area contributed by atoms with Crippen molar-refractivity contribution in [2.45, 2.75) is 18.6 Å². The maximum absolute atomic E-state index is 4.07. The first kappa shape index (κ1) is 5.16. The van der Waals surface area contributed by atoms with E-state index in [0.29, 0.717) is 4.75 Å². The van der Waals surface area contributed by atoms with Gasteiger partial charge in [0.1, 0.15) is 0 Å². The zero-order valence-corrected chi connectivity index (χ0v) is 5.46. The fraction of sp³-hybridized carbons (Fsp3) is 0.800. The quantitative estimate of drug-likeness (QED) is 0.466. The van der Waals surface area contributed by atoms with Gasteiger partial charge in [-0.2, -0.15) is 0 Å². The Labute approximate surface area is 48.2 Å².